The minimum atomic E-state index is -0.0331. The molecule has 0 aromatic heterocycles. The first kappa shape index (κ1) is 13.3. The lowest BCUT2D eigenvalue weighted by Gasteiger charge is -2.28. The van der Waals surface area contributed by atoms with Crippen LogP contribution in [0.2, 0.25) is 0 Å². The van der Waals surface area contributed by atoms with E-state index in [9.17, 15) is 5.11 Å². The van der Waals surface area contributed by atoms with Gasteiger partial charge in [0.2, 0.25) is 0 Å². The number of aliphatic hydroxyl groups is 1. The van der Waals surface area contributed by atoms with Crippen LogP contribution in [0.3, 0.4) is 0 Å². The largest absolute Gasteiger partial charge is 0.393 e. The zero-order valence-electron chi connectivity index (χ0n) is 11.2. The van der Waals surface area contributed by atoms with Crippen LogP contribution in [0.15, 0.2) is 0 Å². The second-order valence-electron chi connectivity index (χ2n) is 5.88. The quantitative estimate of drug-likeness (QED) is 0.768. The van der Waals surface area contributed by atoms with Crippen molar-refractivity contribution in [2.75, 3.05) is 20.1 Å². The summed E-state index contributed by atoms with van der Waals surface area (Å²) in [5.41, 5.74) is 0. The average molecular weight is 240 g/mol. The Morgan fingerprint density at radius 1 is 1.06 bits per heavy atom. The number of nitrogens with one attached hydrogen (secondary N) is 1. The Labute approximate surface area is 106 Å². The van der Waals surface area contributed by atoms with Crippen molar-refractivity contribution in [3.63, 3.8) is 0 Å². The van der Waals surface area contributed by atoms with Crippen LogP contribution >= 0.6 is 0 Å². The highest BCUT2D eigenvalue weighted by Gasteiger charge is 2.21. The van der Waals surface area contributed by atoms with E-state index in [0.717, 1.165) is 38.3 Å². The van der Waals surface area contributed by atoms with Gasteiger partial charge < -0.3 is 15.3 Å². The molecule has 3 heteroatoms. The van der Waals surface area contributed by atoms with Gasteiger partial charge in [-0.1, -0.05) is 12.8 Å². The highest BCUT2D eigenvalue weighted by Crippen LogP contribution is 2.22. The lowest BCUT2D eigenvalue weighted by atomic mass is 9.93. The molecule has 100 valence electrons. The van der Waals surface area contributed by atoms with Gasteiger partial charge in [-0.25, -0.2) is 0 Å². The Kier molecular flexibility index (Phi) is 5.26. The fourth-order valence-corrected chi connectivity index (χ4v) is 3.25. The topological polar surface area (TPSA) is 35.5 Å². The van der Waals surface area contributed by atoms with Gasteiger partial charge >= 0.3 is 0 Å². The minimum Gasteiger partial charge on any atom is -0.393 e. The molecule has 0 aromatic carbocycles. The summed E-state index contributed by atoms with van der Waals surface area (Å²) in [4.78, 5) is 2.53. The van der Waals surface area contributed by atoms with Crippen molar-refractivity contribution >= 4 is 0 Å². The molecule has 0 amide bonds. The van der Waals surface area contributed by atoms with Crippen molar-refractivity contribution in [2.24, 2.45) is 0 Å². The zero-order chi connectivity index (χ0) is 12.1. The molecule has 3 nitrogen and oxygen atoms in total. The van der Waals surface area contributed by atoms with E-state index in [1.54, 1.807) is 0 Å². The third kappa shape index (κ3) is 4.23. The van der Waals surface area contributed by atoms with Gasteiger partial charge in [0, 0.05) is 25.2 Å². The maximum absolute atomic E-state index is 9.45. The van der Waals surface area contributed by atoms with Crippen LogP contribution in [0.4, 0.5) is 0 Å². The third-order valence-corrected chi connectivity index (χ3v) is 4.54. The molecule has 0 atom stereocenters. The summed E-state index contributed by atoms with van der Waals surface area (Å²) in [7, 11) is 2.27. The number of likely N-dealkylation sites (N-methyl/N-ethyl adjacent to an activating group) is 1. The van der Waals surface area contributed by atoms with Gasteiger partial charge in [-0.3, -0.25) is 0 Å². The standard InChI is InChI=1S/C14H28N2O/c1-16(13-4-2-3-5-13)11-10-15-12-6-8-14(17)9-7-12/h12-15,17H,2-11H2,1H3. The number of hydrogen-bond donors (Lipinski definition) is 2. The fourth-order valence-electron chi connectivity index (χ4n) is 3.25. The zero-order valence-corrected chi connectivity index (χ0v) is 11.2. The third-order valence-electron chi connectivity index (χ3n) is 4.54. The average Bonchev–Trinajstić information content (AvgIpc) is 2.85. The highest BCUT2D eigenvalue weighted by atomic mass is 16.3. The van der Waals surface area contributed by atoms with Crippen LogP contribution in [0.5, 0.6) is 0 Å². The summed E-state index contributed by atoms with van der Waals surface area (Å²) >= 11 is 0. The van der Waals surface area contributed by atoms with E-state index < -0.39 is 0 Å². The van der Waals surface area contributed by atoms with Gasteiger partial charge in [-0.2, -0.15) is 0 Å². The SMILES string of the molecule is CN(CCNC1CCC(O)CC1)C1CCCC1. The van der Waals surface area contributed by atoms with Crippen molar-refractivity contribution in [2.45, 2.75) is 69.6 Å². The van der Waals surface area contributed by atoms with Crippen molar-refractivity contribution in [3.8, 4) is 0 Å². The normalized spacial score (nSPS) is 31.2. The van der Waals surface area contributed by atoms with Gasteiger partial charge in [-0.15, -0.1) is 0 Å². The van der Waals surface area contributed by atoms with Crippen LogP contribution in [0, 0.1) is 0 Å². The van der Waals surface area contributed by atoms with E-state index in [4.69, 9.17) is 0 Å². The summed E-state index contributed by atoms with van der Waals surface area (Å²) in [6.07, 6.45) is 9.85. The molecule has 2 aliphatic carbocycles. The van der Waals surface area contributed by atoms with Gasteiger partial charge in [0.25, 0.3) is 0 Å². The summed E-state index contributed by atoms with van der Waals surface area (Å²) in [5, 5.41) is 13.1. The molecular weight excluding hydrogens is 212 g/mol. The number of hydrogen-bond acceptors (Lipinski definition) is 3. The Balaban J connectivity index is 1.56. The van der Waals surface area contributed by atoms with E-state index in [-0.39, 0.29) is 6.10 Å². The van der Waals surface area contributed by atoms with Crippen LogP contribution in [-0.2, 0) is 0 Å². The smallest absolute Gasteiger partial charge is 0.0541 e. The number of rotatable bonds is 5. The predicted molar refractivity (Wildman–Crippen MR) is 71.2 cm³/mol. The molecule has 0 aliphatic heterocycles. The van der Waals surface area contributed by atoms with E-state index in [0.29, 0.717) is 6.04 Å². The Morgan fingerprint density at radius 2 is 1.71 bits per heavy atom. The molecule has 17 heavy (non-hydrogen) atoms. The first-order valence-electron chi connectivity index (χ1n) is 7.37. The molecular formula is C14H28N2O. The van der Waals surface area contributed by atoms with E-state index in [1.807, 2.05) is 0 Å². The maximum Gasteiger partial charge on any atom is 0.0541 e. The first-order chi connectivity index (χ1) is 8.25. The predicted octanol–water partition coefficient (Wildman–Crippen LogP) is 1.75. The van der Waals surface area contributed by atoms with Gasteiger partial charge in [0.15, 0.2) is 0 Å². The highest BCUT2D eigenvalue weighted by molar-refractivity contribution is 4.78. The molecule has 0 unspecified atom stereocenters. The van der Waals surface area contributed by atoms with Crippen molar-refractivity contribution in [1.82, 2.24) is 10.2 Å². The summed E-state index contributed by atoms with van der Waals surface area (Å²) in [6.45, 7) is 2.28. The molecule has 0 radical (unpaired) electrons. The second kappa shape index (κ2) is 6.72. The Morgan fingerprint density at radius 3 is 2.35 bits per heavy atom. The van der Waals surface area contributed by atoms with Gasteiger partial charge in [0.05, 0.1) is 6.10 Å². The first-order valence-corrected chi connectivity index (χ1v) is 7.37. The van der Waals surface area contributed by atoms with Gasteiger partial charge in [-0.05, 0) is 45.6 Å². The fraction of sp³-hybridized carbons (Fsp3) is 1.00. The lowest BCUT2D eigenvalue weighted by Crippen LogP contribution is -2.40. The van der Waals surface area contributed by atoms with Crippen LogP contribution in [0.25, 0.3) is 0 Å². The maximum atomic E-state index is 9.45. The second-order valence-corrected chi connectivity index (χ2v) is 5.88. The summed E-state index contributed by atoms with van der Waals surface area (Å²) in [6, 6.07) is 1.49. The monoisotopic (exact) mass is 240 g/mol. The van der Waals surface area contributed by atoms with E-state index >= 15 is 0 Å². The molecule has 0 saturated heterocycles. The Bertz CT molecular complexity index is 208. The van der Waals surface area contributed by atoms with Crippen LogP contribution in [0.1, 0.15) is 51.4 Å². The van der Waals surface area contributed by atoms with Crippen molar-refractivity contribution in [3.05, 3.63) is 0 Å². The molecule has 0 spiro atoms. The van der Waals surface area contributed by atoms with Crippen LogP contribution in [-0.4, -0.2) is 48.3 Å². The van der Waals surface area contributed by atoms with Crippen molar-refractivity contribution in [1.29, 1.82) is 0 Å². The molecule has 2 aliphatic rings. The molecule has 2 saturated carbocycles. The minimum absolute atomic E-state index is 0.0331. The molecule has 0 bridgehead atoms. The molecule has 2 fully saturated rings. The number of aliphatic hydroxyl groups excluding tert-OH is 1. The van der Waals surface area contributed by atoms with Gasteiger partial charge in [0.1, 0.15) is 0 Å². The van der Waals surface area contributed by atoms with Crippen molar-refractivity contribution < 1.29 is 5.11 Å². The molecule has 0 heterocycles. The summed E-state index contributed by atoms with van der Waals surface area (Å²) < 4.78 is 0. The molecule has 2 N–H and O–H groups in total. The lowest BCUT2D eigenvalue weighted by molar-refractivity contribution is 0.115. The molecule has 2 rings (SSSR count). The molecule has 0 aromatic rings. The van der Waals surface area contributed by atoms with E-state index in [2.05, 4.69) is 17.3 Å². The summed E-state index contributed by atoms with van der Waals surface area (Å²) in [5.74, 6) is 0. The van der Waals surface area contributed by atoms with Crippen LogP contribution < -0.4 is 5.32 Å². The van der Waals surface area contributed by atoms with E-state index in [1.165, 1.54) is 32.2 Å². The Hall–Kier alpha value is -0.120. The number of nitrogens with zero attached hydrogens (tertiary/aromatic N) is 1.